The summed E-state index contributed by atoms with van der Waals surface area (Å²) in [7, 11) is 1.57. The summed E-state index contributed by atoms with van der Waals surface area (Å²) in [5.41, 5.74) is 1.58. The number of thiazole rings is 1. The Morgan fingerprint density at radius 1 is 1.17 bits per heavy atom. The van der Waals surface area contributed by atoms with E-state index >= 15 is 0 Å². The quantitative estimate of drug-likeness (QED) is 0.724. The normalized spacial score (nSPS) is 11.0. The van der Waals surface area contributed by atoms with Crippen molar-refractivity contribution in [3.05, 3.63) is 74.7 Å². The highest BCUT2D eigenvalue weighted by Crippen LogP contribution is 2.27. The Hall–Kier alpha value is -2.86. The van der Waals surface area contributed by atoms with Crippen LogP contribution in [0.1, 0.15) is 10.4 Å². The van der Waals surface area contributed by atoms with Crippen LogP contribution in [0.25, 0.3) is 0 Å². The molecule has 3 rings (SSSR count). The first-order chi connectivity index (χ1) is 11.7. The summed E-state index contributed by atoms with van der Waals surface area (Å²) >= 11 is 0.960. The molecule has 0 saturated heterocycles. The molecule has 1 N–H and O–H groups in total. The first-order valence-electron chi connectivity index (χ1n) is 7.32. The fourth-order valence-electron chi connectivity index (χ4n) is 2.27. The van der Waals surface area contributed by atoms with Crippen molar-refractivity contribution in [1.29, 1.82) is 0 Å². The highest BCUT2D eigenvalue weighted by Gasteiger charge is 2.13. The van der Waals surface area contributed by atoms with Gasteiger partial charge >= 0.3 is 4.87 Å². The largest absolute Gasteiger partial charge is 0.494 e. The maximum absolute atomic E-state index is 12.1. The minimum atomic E-state index is -0.224. The van der Waals surface area contributed by atoms with Gasteiger partial charge in [-0.2, -0.15) is 0 Å². The molecule has 0 fully saturated rings. The van der Waals surface area contributed by atoms with Crippen LogP contribution in [0.2, 0.25) is 0 Å². The van der Waals surface area contributed by atoms with Gasteiger partial charge in [0.05, 0.1) is 19.9 Å². The first kappa shape index (κ1) is 16.0. The highest BCUT2D eigenvalue weighted by atomic mass is 32.1. The standard InChI is InChI=1S/C18H16N2O3S/c1-23-15-10-6-5-9-14(15)19-11-16-17(21)20(18(22)24-16)12-13-7-3-2-4-8-13/h2-11,21H,12H2,1H3. The third-order valence-corrected chi connectivity index (χ3v) is 4.39. The van der Waals surface area contributed by atoms with Crippen molar-refractivity contribution < 1.29 is 9.84 Å². The van der Waals surface area contributed by atoms with Gasteiger partial charge < -0.3 is 9.84 Å². The zero-order chi connectivity index (χ0) is 16.9. The lowest BCUT2D eigenvalue weighted by atomic mass is 10.2. The van der Waals surface area contributed by atoms with Gasteiger partial charge in [-0.05, 0) is 17.7 Å². The molecule has 3 aromatic rings. The zero-order valence-electron chi connectivity index (χ0n) is 13.0. The second-order valence-electron chi connectivity index (χ2n) is 5.06. The van der Waals surface area contributed by atoms with Crippen molar-refractivity contribution in [2.75, 3.05) is 7.11 Å². The first-order valence-corrected chi connectivity index (χ1v) is 8.14. The van der Waals surface area contributed by atoms with E-state index in [0.29, 0.717) is 22.9 Å². The van der Waals surface area contributed by atoms with Gasteiger partial charge in [0, 0.05) is 0 Å². The second-order valence-corrected chi connectivity index (χ2v) is 6.05. The molecule has 2 aromatic carbocycles. The molecule has 6 heteroatoms. The van der Waals surface area contributed by atoms with Crippen LogP contribution < -0.4 is 9.61 Å². The zero-order valence-corrected chi connectivity index (χ0v) is 13.9. The SMILES string of the molecule is COc1ccccc1N=Cc1sc(=O)n(Cc2ccccc2)c1O. The van der Waals surface area contributed by atoms with Gasteiger partial charge in [-0.1, -0.05) is 53.8 Å². The minimum Gasteiger partial charge on any atom is -0.494 e. The number of methoxy groups -OCH3 is 1. The smallest absolute Gasteiger partial charge is 0.310 e. The van der Waals surface area contributed by atoms with E-state index in [0.717, 1.165) is 16.9 Å². The molecule has 0 aliphatic rings. The average molecular weight is 340 g/mol. The molecule has 0 atom stereocenters. The summed E-state index contributed by atoms with van der Waals surface area (Å²) in [6.45, 7) is 0.324. The van der Waals surface area contributed by atoms with Gasteiger partial charge in [0.1, 0.15) is 16.3 Å². The van der Waals surface area contributed by atoms with Gasteiger partial charge in [0.25, 0.3) is 0 Å². The van der Waals surface area contributed by atoms with E-state index in [2.05, 4.69) is 4.99 Å². The number of aliphatic imine (C=N–C) groups is 1. The fourth-order valence-corrected chi connectivity index (χ4v) is 3.02. The van der Waals surface area contributed by atoms with Crippen LogP contribution in [-0.4, -0.2) is 23.0 Å². The third kappa shape index (κ3) is 3.38. The molecule has 0 amide bonds. The summed E-state index contributed by atoms with van der Waals surface area (Å²) in [4.78, 5) is 16.6. The maximum atomic E-state index is 12.1. The Bertz CT molecular complexity index is 914. The van der Waals surface area contributed by atoms with E-state index in [-0.39, 0.29) is 10.8 Å². The van der Waals surface area contributed by atoms with E-state index in [4.69, 9.17) is 4.74 Å². The lowest BCUT2D eigenvalue weighted by Gasteiger charge is -2.04. The predicted molar refractivity (Wildman–Crippen MR) is 96.0 cm³/mol. The van der Waals surface area contributed by atoms with Crippen LogP contribution in [0.4, 0.5) is 5.69 Å². The molecule has 5 nitrogen and oxygen atoms in total. The summed E-state index contributed by atoms with van der Waals surface area (Å²) in [6.07, 6.45) is 1.49. The van der Waals surface area contributed by atoms with E-state index < -0.39 is 0 Å². The molecule has 0 aliphatic heterocycles. The van der Waals surface area contributed by atoms with Gasteiger partial charge in [0.15, 0.2) is 0 Å². The number of hydrogen-bond donors (Lipinski definition) is 1. The molecule has 0 unspecified atom stereocenters. The van der Waals surface area contributed by atoms with Gasteiger partial charge in [0.2, 0.25) is 5.88 Å². The Balaban J connectivity index is 1.89. The van der Waals surface area contributed by atoms with E-state index in [1.54, 1.807) is 19.2 Å². The molecule has 1 heterocycles. The van der Waals surface area contributed by atoms with Crippen molar-refractivity contribution in [2.24, 2.45) is 4.99 Å². The Morgan fingerprint density at radius 2 is 1.88 bits per heavy atom. The van der Waals surface area contributed by atoms with Gasteiger partial charge in [-0.15, -0.1) is 0 Å². The van der Waals surface area contributed by atoms with Crippen molar-refractivity contribution in [1.82, 2.24) is 4.57 Å². The van der Waals surface area contributed by atoms with Crippen LogP contribution in [0, 0.1) is 0 Å². The second kappa shape index (κ2) is 7.14. The highest BCUT2D eigenvalue weighted by molar-refractivity contribution is 7.11. The average Bonchev–Trinajstić information content (AvgIpc) is 2.88. The summed E-state index contributed by atoms with van der Waals surface area (Å²) in [6, 6.07) is 16.8. The number of hydrogen-bond acceptors (Lipinski definition) is 5. The van der Waals surface area contributed by atoms with Gasteiger partial charge in [-0.25, -0.2) is 0 Å². The van der Waals surface area contributed by atoms with E-state index in [1.807, 2.05) is 42.5 Å². The summed E-state index contributed by atoms with van der Waals surface area (Å²) in [5, 5.41) is 10.3. The van der Waals surface area contributed by atoms with Crippen LogP contribution in [-0.2, 0) is 6.54 Å². The summed E-state index contributed by atoms with van der Waals surface area (Å²) < 4.78 is 6.57. The topological polar surface area (TPSA) is 63.8 Å². The van der Waals surface area contributed by atoms with Crippen LogP contribution in [0.15, 0.2) is 64.4 Å². The Labute approximate surface area is 143 Å². The van der Waals surface area contributed by atoms with Crippen LogP contribution >= 0.6 is 11.3 Å². The lowest BCUT2D eigenvalue weighted by molar-refractivity contribution is 0.416. The molecule has 122 valence electrons. The predicted octanol–water partition coefficient (Wildman–Crippen LogP) is 3.42. The molecule has 0 spiro atoms. The number of ether oxygens (including phenoxy) is 1. The lowest BCUT2D eigenvalue weighted by Crippen LogP contribution is -2.13. The van der Waals surface area contributed by atoms with Crippen molar-refractivity contribution in [3.63, 3.8) is 0 Å². The number of rotatable bonds is 5. The molecular formula is C18H16N2O3S. The number of benzene rings is 2. The van der Waals surface area contributed by atoms with Gasteiger partial charge in [-0.3, -0.25) is 14.4 Å². The molecule has 24 heavy (non-hydrogen) atoms. The number of aromatic hydroxyl groups is 1. The summed E-state index contributed by atoms with van der Waals surface area (Å²) in [5.74, 6) is 0.553. The van der Waals surface area contributed by atoms with Crippen LogP contribution in [0.5, 0.6) is 11.6 Å². The number of para-hydroxylation sites is 2. The Kier molecular flexibility index (Phi) is 4.77. The third-order valence-electron chi connectivity index (χ3n) is 3.48. The molecular weight excluding hydrogens is 324 g/mol. The van der Waals surface area contributed by atoms with E-state index in [9.17, 15) is 9.90 Å². The molecule has 1 aromatic heterocycles. The van der Waals surface area contributed by atoms with Crippen molar-refractivity contribution in [2.45, 2.75) is 6.54 Å². The monoisotopic (exact) mass is 340 g/mol. The Morgan fingerprint density at radius 3 is 2.62 bits per heavy atom. The van der Waals surface area contributed by atoms with Crippen LogP contribution in [0.3, 0.4) is 0 Å². The maximum Gasteiger partial charge on any atom is 0.310 e. The van der Waals surface area contributed by atoms with Crippen molar-refractivity contribution >= 4 is 23.2 Å². The van der Waals surface area contributed by atoms with Crippen molar-refractivity contribution in [3.8, 4) is 11.6 Å². The molecule has 0 bridgehead atoms. The number of nitrogens with zero attached hydrogens (tertiary/aromatic N) is 2. The minimum absolute atomic E-state index is 0.0764. The number of aromatic nitrogens is 1. The fraction of sp³-hybridized carbons (Fsp3) is 0.111. The van der Waals surface area contributed by atoms with E-state index in [1.165, 1.54) is 10.8 Å². The molecule has 0 saturated carbocycles. The molecule has 0 aliphatic carbocycles. The molecule has 0 radical (unpaired) electrons.